The van der Waals surface area contributed by atoms with E-state index in [-0.39, 0.29) is 5.92 Å². The van der Waals surface area contributed by atoms with Crippen molar-refractivity contribution >= 4 is 17.1 Å². The van der Waals surface area contributed by atoms with E-state index in [2.05, 4.69) is 0 Å². The highest BCUT2D eigenvalue weighted by Gasteiger charge is 2.22. The molecule has 0 aliphatic carbocycles. The zero-order valence-electron chi connectivity index (χ0n) is 7.36. The number of carbonyl (C=O) groups excluding carboxylic acids is 1. The van der Waals surface area contributed by atoms with Crippen molar-refractivity contribution < 1.29 is 9.53 Å². The summed E-state index contributed by atoms with van der Waals surface area (Å²) in [7, 11) is 0. The summed E-state index contributed by atoms with van der Waals surface area (Å²) in [5.41, 5.74) is 0. The van der Waals surface area contributed by atoms with Gasteiger partial charge in [0.2, 0.25) is 0 Å². The summed E-state index contributed by atoms with van der Waals surface area (Å²) in [6, 6.07) is 3.83. The van der Waals surface area contributed by atoms with Gasteiger partial charge < -0.3 is 4.74 Å². The lowest BCUT2D eigenvalue weighted by Crippen LogP contribution is -2.22. The molecule has 0 amide bonds. The van der Waals surface area contributed by atoms with Crippen LogP contribution >= 0.6 is 11.3 Å². The lowest BCUT2D eigenvalue weighted by Gasteiger charge is -2.19. The van der Waals surface area contributed by atoms with Crippen molar-refractivity contribution in [1.29, 1.82) is 0 Å². The van der Waals surface area contributed by atoms with Crippen molar-refractivity contribution in [1.82, 2.24) is 0 Å². The van der Waals surface area contributed by atoms with Gasteiger partial charge in [-0.05, 0) is 24.3 Å². The Hall–Kier alpha value is -0.670. The predicted octanol–water partition coefficient (Wildman–Crippen LogP) is 2.36. The SMILES string of the molecule is O=C(c1cccs1)C1CCOCC1. The highest BCUT2D eigenvalue weighted by atomic mass is 32.1. The Morgan fingerprint density at radius 1 is 1.46 bits per heavy atom. The molecule has 1 aliphatic rings. The van der Waals surface area contributed by atoms with Crippen LogP contribution in [0.1, 0.15) is 22.5 Å². The largest absolute Gasteiger partial charge is 0.381 e. The van der Waals surface area contributed by atoms with E-state index < -0.39 is 0 Å². The fraction of sp³-hybridized carbons (Fsp3) is 0.500. The highest BCUT2D eigenvalue weighted by Crippen LogP contribution is 2.22. The van der Waals surface area contributed by atoms with E-state index in [4.69, 9.17) is 4.74 Å². The second-order valence-electron chi connectivity index (χ2n) is 3.23. The first-order valence-corrected chi connectivity index (χ1v) is 5.41. The van der Waals surface area contributed by atoms with Crippen molar-refractivity contribution in [2.75, 3.05) is 13.2 Å². The molecular weight excluding hydrogens is 184 g/mol. The van der Waals surface area contributed by atoms with Crippen molar-refractivity contribution in [2.45, 2.75) is 12.8 Å². The summed E-state index contributed by atoms with van der Waals surface area (Å²) in [4.78, 5) is 12.7. The van der Waals surface area contributed by atoms with Gasteiger partial charge in [0, 0.05) is 19.1 Å². The van der Waals surface area contributed by atoms with Crippen LogP contribution in [0.25, 0.3) is 0 Å². The first-order chi connectivity index (χ1) is 6.38. The molecule has 13 heavy (non-hydrogen) atoms. The van der Waals surface area contributed by atoms with E-state index in [0.29, 0.717) is 5.78 Å². The van der Waals surface area contributed by atoms with Crippen LogP contribution in [0.4, 0.5) is 0 Å². The van der Waals surface area contributed by atoms with Crippen LogP contribution in [-0.2, 0) is 4.74 Å². The van der Waals surface area contributed by atoms with E-state index in [1.165, 1.54) is 11.3 Å². The van der Waals surface area contributed by atoms with Crippen LogP contribution in [0.3, 0.4) is 0 Å². The predicted molar refractivity (Wildman–Crippen MR) is 52.2 cm³/mol. The second kappa shape index (κ2) is 4.03. The number of hydrogen-bond donors (Lipinski definition) is 0. The molecule has 2 heterocycles. The number of thiophene rings is 1. The standard InChI is InChI=1S/C10H12O2S/c11-10(9-2-1-7-13-9)8-3-5-12-6-4-8/h1-2,7-8H,3-6H2. The Balaban J connectivity index is 2.04. The van der Waals surface area contributed by atoms with E-state index >= 15 is 0 Å². The molecule has 0 N–H and O–H groups in total. The van der Waals surface area contributed by atoms with Crippen LogP contribution in [0.15, 0.2) is 17.5 Å². The molecule has 0 saturated carbocycles. The fourth-order valence-electron chi connectivity index (χ4n) is 1.58. The Labute approximate surface area is 81.5 Å². The smallest absolute Gasteiger partial charge is 0.176 e. The molecule has 0 spiro atoms. The lowest BCUT2D eigenvalue weighted by molar-refractivity contribution is 0.0547. The number of ketones is 1. The quantitative estimate of drug-likeness (QED) is 0.679. The van der Waals surface area contributed by atoms with Crippen molar-refractivity contribution in [3.8, 4) is 0 Å². The average molecular weight is 196 g/mol. The minimum Gasteiger partial charge on any atom is -0.381 e. The van der Waals surface area contributed by atoms with Crippen LogP contribution in [0, 0.1) is 5.92 Å². The van der Waals surface area contributed by atoms with Crippen LogP contribution in [0.2, 0.25) is 0 Å². The van der Waals surface area contributed by atoms with Gasteiger partial charge in [0.1, 0.15) is 0 Å². The first kappa shape index (κ1) is 8.91. The summed E-state index contributed by atoms with van der Waals surface area (Å²) < 4.78 is 5.22. The fourth-order valence-corrected chi connectivity index (χ4v) is 2.32. The minimum absolute atomic E-state index is 0.201. The molecule has 1 fully saturated rings. The maximum atomic E-state index is 11.8. The number of hydrogen-bond acceptors (Lipinski definition) is 3. The van der Waals surface area contributed by atoms with Gasteiger partial charge in [0.25, 0.3) is 0 Å². The number of carbonyl (C=O) groups is 1. The molecule has 0 bridgehead atoms. The van der Waals surface area contributed by atoms with Gasteiger partial charge in [0.05, 0.1) is 4.88 Å². The molecular formula is C10H12O2S. The molecule has 3 heteroatoms. The molecule has 2 nitrogen and oxygen atoms in total. The molecule has 1 aliphatic heterocycles. The number of Topliss-reactive ketones (excluding diaryl/α,β-unsaturated/α-hetero) is 1. The third-order valence-electron chi connectivity index (χ3n) is 2.36. The molecule has 0 atom stereocenters. The van der Waals surface area contributed by atoms with Crippen molar-refractivity contribution in [3.05, 3.63) is 22.4 Å². The van der Waals surface area contributed by atoms with Crippen LogP contribution in [-0.4, -0.2) is 19.0 Å². The lowest BCUT2D eigenvalue weighted by atomic mass is 9.94. The average Bonchev–Trinajstić information content (AvgIpc) is 2.71. The molecule has 70 valence electrons. The van der Waals surface area contributed by atoms with Gasteiger partial charge >= 0.3 is 0 Å². The molecule has 0 unspecified atom stereocenters. The summed E-state index contributed by atoms with van der Waals surface area (Å²) in [6.07, 6.45) is 1.77. The third kappa shape index (κ3) is 1.98. The molecule has 2 rings (SSSR count). The van der Waals surface area contributed by atoms with E-state index in [9.17, 15) is 4.79 Å². The maximum absolute atomic E-state index is 11.8. The Bertz CT molecular complexity index is 273. The number of rotatable bonds is 2. The van der Waals surface area contributed by atoms with Gasteiger partial charge in [-0.15, -0.1) is 11.3 Å². The van der Waals surface area contributed by atoms with E-state index in [1.807, 2.05) is 17.5 Å². The van der Waals surface area contributed by atoms with Gasteiger partial charge in [-0.25, -0.2) is 0 Å². The number of ether oxygens (including phenoxy) is 1. The first-order valence-electron chi connectivity index (χ1n) is 4.53. The normalized spacial score (nSPS) is 18.8. The molecule has 0 aromatic carbocycles. The minimum atomic E-state index is 0.201. The van der Waals surface area contributed by atoms with Crippen LogP contribution < -0.4 is 0 Å². The molecule has 1 aromatic rings. The summed E-state index contributed by atoms with van der Waals surface area (Å²) in [6.45, 7) is 1.48. The Morgan fingerprint density at radius 2 is 2.23 bits per heavy atom. The molecule has 1 aromatic heterocycles. The Kier molecular flexibility index (Phi) is 2.76. The topological polar surface area (TPSA) is 26.3 Å². The zero-order valence-corrected chi connectivity index (χ0v) is 8.18. The van der Waals surface area contributed by atoms with E-state index in [0.717, 1.165) is 30.9 Å². The van der Waals surface area contributed by atoms with Crippen molar-refractivity contribution in [2.24, 2.45) is 5.92 Å². The van der Waals surface area contributed by atoms with Gasteiger partial charge in [-0.3, -0.25) is 4.79 Å². The Morgan fingerprint density at radius 3 is 2.85 bits per heavy atom. The van der Waals surface area contributed by atoms with Gasteiger partial charge in [-0.2, -0.15) is 0 Å². The van der Waals surface area contributed by atoms with E-state index in [1.54, 1.807) is 0 Å². The highest BCUT2D eigenvalue weighted by molar-refractivity contribution is 7.12. The summed E-state index contributed by atoms with van der Waals surface area (Å²) in [5, 5.41) is 1.95. The third-order valence-corrected chi connectivity index (χ3v) is 3.24. The molecule has 0 radical (unpaired) electrons. The van der Waals surface area contributed by atoms with Crippen molar-refractivity contribution in [3.63, 3.8) is 0 Å². The van der Waals surface area contributed by atoms with Gasteiger partial charge in [-0.1, -0.05) is 6.07 Å². The molecule has 1 saturated heterocycles. The van der Waals surface area contributed by atoms with Crippen LogP contribution in [0.5, 0.6) is 0 Å². The summed E-state index contributed by atoms with van der Waals surface area (Å²) in [5.74, 6) is 0.505. The van der Waals surface area contributed by atoms with Gasteiger partial charge in [0.15, 0.2) is 5.78 Å². The zero-order chi connectivity index (χ0) is 9.10. The maximum Gasteiger partial charge on any atom is 0.176 e. The monoisotopic (exact) mass is 196 g/mol. The summed E-state index contributed by atoms with van der Waals surface area (Å²) >= 11 is 1.53. The second-order valence-corrected chi connectivity index (χ2v) is 4.18.